The fourth-order valence-electron chi connectivity index (χ4n) is 1.81. The summed E-state index contributed by atoms with van der Waals surface area (Å²) in [6, 6.07) is 6.28. The number of thioether (sulfide) groups is 1. The summed E-state index contributed by atoms with van der Waals surface area (Å²) < 4.78 is 5.73. The molecule has 1 aliphatic carbocycles. The van der Waals surface area contributed by atoms with Crippen LogP contribution in [0, 0.1) is 0 Å². The van der Waals surface area contributed by atoms with Crippen molar-refractivity contribution in [1.82, 2.24) is 0 Å². The van der Waals surface area contributed by atoms with E-state index in [0.717, 1.165) is 12.3 Å². The average molecular weight is 207 g/mol. The first-order chi connectivity index (χ1) is 6.81. The van der Waals surface area contributed by atoms with Gasteiger partial charge in [-0.2, -0.15) is 0 Å². The Bertz CT molecular complexity index is 374. The number of anilines is 1. The SMILES string of the molecule is COc1ccc2c(c1)NCC1(CC1)S2. The van der Waals surface area contributed by atoms with Crippen LogP contribution in [0.4, 0.5) is 5.69 Å². The fourth-order valence-corrected chi connectivity index (χ4v) is 3.10. The Labute approximate surface area is 88.0 Å². The summed E-state index contributed by atoms with van der Waals surface area (Å²) in [5, 5.41) is 3.49. The van der Waals surface area contributed by atoms with E-state index in [2.05, 4.69) is 17.4 Å². The van der Waals surface area contributed by atoms with Gasteiger partial charge in [0, 0.05) is 22.3 Å². The van der Waals surface area contributed by atoms with Crippen molar-refractivity contribution < 1.29 is 4.74 Å². The molecule has 1 aliphatic heterocycles. The van der Waals surface area contributed by atoms with Gasteiger partial charge in [0.1, 0.15) is 5.75 Å². The molecular formula is C11H13NOS. The maximum Gasteiger partial charge on any atom is 0.121 e. The topological polar surface area (TPSA) is 21.3 Å². The summed E-state index contributed by atoms with van der Waals surface area (Å²) in [7, 11) is 1.71. The minimum Gasteiger partial charge on any atom is -0.497 e. The molecule has 0 saturated heterocycles. The lowest BCUT2D eigenvalue weighted by atomic mass is 10.2. The zero-order valence-corrected chi connectivity index (χ0v) is 8.99. The van der Waals surface area contributed by atoms with Crippen molar-refractivity contribution in [3.63, 3.8) is 0 Å². The second kappa shape index (κ2) is 2.83. The van der Waals surface area contributed by atoms with E-state index in [0.29, 0.717) is 4.75 Å². The van der Waals surface area contributed by atoms with Crippen molar-refractivity contribution in [2.75, 3.05) is 19.0 Å². The van der Waals surface area contributed by atoms with Crippen LogP contribution in [-0.2, 0) is 0 Å². The molecule has 0 aromatic heterocycles. The summed E-state index contributed by atoms with van der Waals surface area (Å²) >= 11 is 2.03. The molecule has 0 unspecified atom stereocenters. The second-order valence-corrected chi connectivity index (χ2v) is 5.51. The quantitative estimate of drug-likeness (QED) is 0.765. The number of benzene rings is 1. The van der Waals surface area contributed by atoms with Crippen molar-refractivity contribution >= 4 is 17.4 Å². The number of methoxy groups -OCH3 is 1. The lowest BCUT2D eigenvalue weighted by Crippen LogP contribution is -2.22. The van der Waals surface area contributed by atoms with Crippen LogP contribution < -0.4 is 10.1 Å². The lowest BCUT2D eigenvalue weighted by molar-refractivity contribution is 0.414. The molecule has 1 saturated carbocycles. The molecule has 1 spiro atoms. The molecule has 14 heavy (non-hydrogen) atoms. The van der Waals surface area contributed by atoms with Crippen LogP contribution in [0.5, 0.6) is 5.75 Å². The van der Waals surface area contributed by atoms with Gasteiger partial charge >= 0.3 is 0 Å². The van der Waals surface area contributed by atoms with Crippen LogP contribution >= 0.6 is 11.8 Å². The Kier molecular flexibility index (Phi) is 1.71. The maximum absolute atomic E-state index is 5.20. The normalized spacial score (nSPS) is 21.2. The zero-order chi connectivity index (χ0) is 9.60. The highest BCUT2D eigenvalue weighted by Crippen LogP contribution is 2.56. The van der Waals surface area contributed by atoms with Gasteiger partial charge in [-0.05, 0) is 25.0 Å². The Morgan fingerprint density at radius 1 is 1.43 bits per heavy atom. The van der Waals surface area contributed by atoms with Gasteiger partial charge in [0.15, 0.2) is 0 Å². The Hall–Kier alpha value is -0.830. The standard InChI is InChI=1S/C11H13NOS/c1-13-8-2-3-10-9(6-8)12-7-11(14-10)4-5-11/h2-3,6,12H,4-5,7H2,1H3. The monoisotopic (exact) mass is 207 g/mol. The third-order valence-electron chi connectivity index (χ3n) is 2.92. The van der Waals surface area contributed by atoms with Gasteiger partial charge in [-0.15, -0.1) is 11.8 Å². The van der Waals surface area contributed by atoms with Crippen LogP contribution in [0.3, 0.4) is 0 Å². The van der Waals surface area contributed by atoms with Crippen LogP contribution in [0.1, 0.15) is 12.8 Å². The Morgan fingerprint density at radius 3 is 3.00 bits per heavy atom. The van der Waals surface area contributed by atoms with E-state index >= 15 is 0 Å². The molecule has 3 heteroatoms. The van der Waals surface area contributed by atoms with Gasteiger partial charge in [-0.3, -0.25) is 0 Å². The van der Waals surface area contributed by atoms with Crippen LogP contribution in [0.2, 0.25) is 0 Å². The Balaban J connectivity index is 1.95. The maximum atomic E-state index is 5.20. The summed E-state index contributed by atoms with van der Waals surface area (Å²) in [6.45, 7) is 1.11. The Morgan fingerprint density at radius 2 is 2.29 bits per heavy atom. The number of hydrogen-bond donors (Lipinski definition) is 1. The minimum absolute atomic E-state index is 0.529. The van der Waals surface area contributed by atoms with Gasteiger partial charge in [0.05, 0.1) is 12.8 Å². The van der Waals surface area contributed by atoms with Crippen LogP contribution in [0.25, 0.3) is 0 Å². The molecule has 0 amide bonds. The number of ether oxygens (including phenoxy) is 1. The molecule has 2 nitrogen and oxygen atoms in total. The average Bonchev–Trinajstić information content (AvgIpc) is 2.97. The van der Waals surface area contributed by atoms with Crippen molar-refractivity contribution in [1.29, 1.82) is 0 Å². The summed E-state index contributed by atoms with van der Waals surface area (Å²) in [5.41, 5.74) is 1.23. The molecule has 1 aromatic carbocycles. The van der Waals surface area contributed by atoms with Gasteiger partial charge in [0.2, 0.25) is 0 Å². The molecule has 0 bridgehead atoms. The summed E-state index contributed by atoms with van der Waals surface area (Å²) in [6.07, 6.45) is 2.71. The van der Waals surface area contributed by atoms with E-state index in [1.165, 1.54) is 23.4 Å². The first-order valence-corrected chi connectivity index (χ1v) is 5.74. The first kappa shape index (κ1) is 8.48. The molecule has 1 aromatic rings. The molecule has 1 N–H and O–H groups in total. The zero-order valence-electron chi connectivity index (χ0n) is 8.17. The predicted octanol–water partition coefficient (Wildman–Crippen LogP) is 2.75. The van der Waals surface area contributed by atoms with E-state index in [1.54, 1.807) is 7.11 Å². The van der Waals surface area contributed by atoms with Gasteiger partial charge in [0.25, 0.3) is 0 Å². The number of fused-ring (bicyclic) bond motifs is 1. The van der Waals surface area contributed by atoms with Crippen LogP contribution in [-0.4, -0.2) is 18.4 Å². The number of rotatable bonds is 1. The molecule has 1 fully saturated rings. The second-order valence-electron chi connectivity index (χ2n) is 4.00. The van der Waals surface area contributed by atoms with Gasteiger partial charge in [-0.1, -0.05) is 0 Å². The smallest absolute Gasteiger partial charge is 0.121 e. The molecule has 0 radical (unpaired) electrons. The summed E-state index contributed by atoms with van der Waals surface area (Å²) in [5.74, 6) is 0.934. The fraction of sp³-hybridized carbons (Fsp3) is 0.455. The molecular weight excluding hydrogens is 194 g/mol. The van der Waals surface area contributed by atoms with E-state index in [9.17, 15) is 0 Å². The predicted molar refractivity (Wildman–Crippen MR) is 59.3 cm³/mol. The lowest BCUT2D eigenvalue weighted by Gasteiger charge is -2.25. The molecule has 2 aliphatic rings. The van der Waals surface area contributed by atoms with E-state index in [4.69, 9.17) is 4.74 Å². The molecule has 1 heterocycles. The highest BCUT2D eigenvalue weighted by atomic mass is 32.2. The highest BCUT2D eigenvalue weighted by molar-refractivity contribution is 8.01. The third-order valence-corrected chi connectivity index (χ3v) is 4.48. The van der Waals surface area contributed by atoms with Crippen LogP contribution in [0.15, 0.2) is 23.1 Å². The van der Waals surface area contributed by atoms with Gasteiger partial charge in [-0.25, -0.2) is 0 Å². The molecule has 3 rings (SSSR count). The van der Waals surface area contributed by atoms with Crippen molar-refractivity contribution in [3.8, 4) is 5.75 Å². The van der Waals surface area contributed by atoms with E-state index in [1.807, 2.05) is 17.8 Å². The minimum atomic E-state index is 0.529. The number of hydrogen-bond acceptors (Lipinski definition) is 3. The number of nitrogens with one attached hydrogen (secondary N) is 1. The van der Waals surface area contributed by atoms with Gasteiger partial charge < -0.3 is 10.1 Å². The molecule has 74 valence electrons. The summed E-state index contributed by atoms with van der Waals surface area (Å²) in [4.78, 5) is 1.37. The van der Waals surface area contributed by atoms with E-state index in [-0.39, 0.29) is 0 Å². The first-order valence-electron chi connectivity index (χ1n) is 4.92. The van der Waals surface area contributed by atoms with Crippen molar-refractivity contribution in [3.05, 3.63) is 18.2 Å². The largest absolute Gasteiger partial charge is 0.497 e. The highest BCUT2D eigenvalue weighted by Gasteiger charge is 2.45. The van der Waals surface area contributed by atoms with E-state index < -0.39 is 0 Å². The third kappa shape index (κ3) is 1.27. The van der Waals surface area contributed by atoms with Crippen molar-refractivity contribution in [2.45, 2.75) is 22.5 Å². The molecule has 0 atom stereocenters. The van der Waals surface area contributed by atoms with Crippen molar-refractivity contribution in [2.24, 2.45) is 0 Å².